The summed E-state index contributed by atoms with van der Waals surface area (Å²) in [5, 5.41) is 0. The molecule has 26 heavy (non-hydrogen) atoms. The molecule has 0 bridgehead atoms. The number of benzene rings is 2. The van der Waals surface area contributed by atoms with Crippen LogP contribution < -0.4 is 4.74 Å². The number of ether oxygens (including phenoxy) is 1. The van der Waals surface area contributed by atoms with Crippen molar-refractivity contribution in [1.29, 1.82) is 0 Å². The van der Waals surface area contributed by atoms with Gasteiger partial charge in [-0.2, -0.15) is 4.99 Å². The van der Waals surface area contributed by atoms with Crippen molar-refractivity contribution in [3.63, 3.8) is 0 Å². The molecule has 5 heteroatoms. The minimum absolute atomic E-state index is 0.161. The van der Waals surface area contributed by atoms with Crippen molar-refractivity contribution in [2.45, 2.75) is 26.4 Å². The van der Waals surface area contributed by atoms with Crippen LogP contribution in [0.15, 0.2) is 58.4 Å². The Hall–Kier alpha value is -1.98. The topological polar surface area (TPSA) is 38.7 Å². The van der Waals surface area contributed by atoms with Crippen LogP contribution in [0.4, 0.5) is 0 Å². The van der Waals surface area contributed by atoms with Crippen LogP contribution in [0.3, 0.4) is 0 Å². The lowest BCUT2D eigenvalue weighted by Gasteiger charge is -2.07. The van der Waals surface area contributed by atoms with Crippen molar-refractivity contribution >= 4 is 39.9 Å². The molecule has 0 saturated carbocycles. The Balaban J connectivity index is 1.57. The molecule has 3 rings (SSSR count). The zero-order valence-electron chi connectivity index (χ0n) is 14.9. The van der Waals surface area contributed by atoms with Gasteiger partial charge < -0.3 is 4.74 Å². The Bertz CT molecular complexity index is 824. The highest BCUT2D eigenvalue weighted by Crippen LogP contribution is 2.32. The predicted octanol–water partition coefficient (Wildman–Crippen LogP) is 5.55. The van der Waals surface area contributed by atoms with Crippen LogP contribution in [-0.4, -0.2) is 16.5 Å². The van der Waals surface area contributed by atoms with E-state index in [1.807, 2.05) is 36.6 Å². The Kier molecular flexibility index (Phi) is 6.58. The van der Waals surface area contributed by atoms with Gasteiger partial charge in [0.15, 0.2) is 0 Å². The van der Waals surface area contributed by atoms with E-state index in [1.54, 1.807) is 0 Å². The van der Waals surface area contributed by atoms with Crippen LogP contribution >= 0.6 is 23.5 Å². The largest absolute Gasteiger partial charge is 0.489 e. The molecule has 0 spiro atoms. The van der Waals surface area contributed by atoms with Gasteiger partial charge in [0.2, 0.25) is 0 Å². The number of amides is 1. The van der Waals surface area contributed by atoms with Gasteiger partial charge in [-0.05, 0) is 47.6 Å². The molecule has 1 aliphatic rings. The number of carbonyl (C=O) groups excluding carboxylic acids is 1. The molecule has 0 fully saturated rings. The zero-order chi connectivity index (χ0) is 18.4. The SMILES string of the molecule is CCCc1ccc(COc2ccc(C=C3SC(SC)=NC3=O)cc2)cc1. The van der Waals surface area contributed by atoms with Crippen LogP contribution in [0.25, 0.3) is 6.08 Å². The summed E-state index contributed by atoms with van der Waals surface area (Å²) < 4.78 is 6.65. The van der Waals surface area contributed by atoms with E-state index in [0.717, 1.165) is 34.1 Å². The molecule has 0 aromatic heterocycles. The molecule has 3 nitrogen and oxygen atoms in total. The summed E-state index contributed by atoms with van der Waals surface area (Å²) in [6.07, 6.45) is 6.07. The second-order valence-corrected chi connectivity index (χ2v) is 8.01. The number of hydrogen-bond acceptors (Lipinski definition) is 4. The third kappa shape index (κ3) is 5.02. The number of aryl methyl sites for hydroxylation is 1. The van der Waals surface area contributed by atoms with Crippen molar-refractivity contribution in [1.82, 2.24) is 0 Å². The van der Waals surface area contributed by atoms with Crippen molar-refractivity contribution in [3.05, 3.63) is 70.1 Å². The summed E-state index contributed by atoms with van der Waals surface area (Å²) in [7, 11) is 0. The highest BCUT2D eigenvalue weighted by atomic mass is 32.2. The smallest absolute Gasteiger partial charge is 0.285 e. The van der Waals surface area contributed by atoms with E-state index in [9.17, 15) is 4.79 Å². The van der Waals surface area contributed by atoms with Crippen LogP contribution in [-0.2, 0) is 17.8 Å². The summed E-state index contributed by atoms with van der Waals surface area (Å²) in [6, 6.07) is 16.3. The number of aliphatic imine (C=N–C) groups is 1. The van der Waals surface area contributed by atoms with E-state index in [-0.39, 0.29) is 5.91 Å². The fourth-order valence-corrected chi connectivity index (χ4v) is 3.97. The van der Waals surface area contributed by atoms with Crippen molar-refractivity contribution in [2.75, 3.05) is 6.26 Å². The van der Waals surface area contributed by atoms with E-state index < -0.39 is 0 Å². The molecule has 1 aliphatic heterocycles. The normalized spacial score (nSPS) is 15.4. The van der Waals surface area contributed by atoms with Gasteiger partial charge in [-0.1, -0.05) is 61.5 Å². The van der Waals surface area contributed by atoms with Crippen LogP contribution in [0.5, 0.6) is 5.75 Å². The molecule has 0 radical (unpaired) electrons. The van der Waals surface area contributed by atoms with Gasteiger partial charge in [-0.15, -0.1) is 11.8 Å². The van der Waals surface area contributed by atoms with Gasteiger partial charge >= 0.3 is 0 Å². The summed E-state index contributed by atoms with van der Waals surface area (Å²) in [4.78, 5) is 16.5. The maximum absolute atomic E-state index is 11.8. The van der Waals surface area contributed by atoms with Crippen LogP contribution in [0.1, 0.15) is 30.0 Å². The van der Waals surface area contributed by atoms with E-state index in [2.05, 4.69) is 36.2 Å². The van der Waals surface area contributed by atoms with E-state index in [1.165, 1.54) is 29.1 Å². The number of thioether (sulfide) groups is 2. The molecule has 2 aromatic rings. The Morgan fingerprint density at radius 1 is 1.08 bits per heavy atom. The maximum Gasteiger partial charge on any atom is 0.285 e. The first kappa shape index (κ1) is 18.8. The summed E-state index contributed by atoms with van der Waals surface area (Å²) in [5.74, 6) is 0.655. The Morgan fingerprint density at radius 3 is 2.38 bits per heavy atom. The fraction of sp³-hybridized carbons (Fsp3) is 0.238. The van der Waals surface area contributed by atoms with Crippen molar-refractivity contribution < 1.29 is 9.53 Å². The lowest BCUT2D eigenvalue weighted by molar-refractivity contribution is -0.113. The van der Waals surface area contributed by atoms with Gasteiger partial charge in [-0.3, -0.25) is 4.79 Å². The van der Waals surface area contributed by atoms with Crippen molar-refractivity contribution in [3.8, 4) is 5.75 Å². The Labute approximate surface area is 162 Å². The zero-order valence-corrected chi connectivity index (χ0v) is 16.5. The highest BCUT2D eigenvalue weighted by molar-refractivity contribution is 8.40. The predicted molar refractivity (Wildman–Crippen MR) is 113 cm³/mol. The molecular formula is C21H21NO2S2. The minimum Gasteiger partial charge on any atom is -0.489 e. The average molecular weight is 384 g/mol. The number of carbonyl (C=O) groups is 1. The van der Waals surface area contributed by atoms with Crippen LogP contribution in [0.2, 0.25) is 0 Å². The van der Waals surface area contributed by atoms with Gasteiger partial charge in [0.05, 0.1) is 4.91 Å². The lowest BCUT2D eigenvalue weighted by Crippen LogP contribution is -1.96. The number of rotatable bonds is 6. The first-order valence-electron chi connectivity index (χ1n) is 8.55. The third-order valence-electron chi connectivity index (χ3n) is 3.92. The molecule has 0 atom stereocenters. The minimum atomic E-state index is -0.161. The number of nitrogens with zero attached hydrogens (tertiary/aromatic N) is 1. The van der Waals surface area contributed by atoms with Gasteiger partial charge in [0.25, 0.3) is 5.91 Å². The molecule has 0 aliphatic carbocycles. The first-order chi connectivity index (χ1) is 12.7. The van der Waals surface area contributed by atoms with Gasteiger partial charge in [0, 0.05) is 0 Å². The number of hydrogen-bond donors (Lipinski definition) is 0. The van der Waals surface area contributed by atoms with Crippen molar-refractivity contribution in [2.24, 2.45) is 4.99 Å². The van der Waals surface area contributed by atoms with E-state index >= 15 is 0 Å². The average Bonchev–Trinajstić information content (AvgIpc) is 3.02. The molecule has 1 heterocycles. The summed E-state index contributed by atoms with van der Waals surface area (Å²) in [6.45, 7) is 2.73. The fourth-order valence-electron chi connectivity index (χ4n) is 2.55. The summed E-state index contributed by atoms with van der Waals surface area (Å²) >= 11 is 2.92. The Morgan fingerprint density at radius 2 is 1.77 bits per heavy atom. The maximum atomic E-state index is 11.8. The molecular weight excluding hydrogens is 362 g/mol. The molecule has 2 aromatic carbocycles. The molecule has 0 saturated heterocycles. The molecule has 1 amide bonds. The summed E-state index contributed by atoms with van der Waals surface area (Å²) in [5.41, 5.74) is 3.49. The highest BCUT2D eigenvalue weighted by Gasteiger charge is 2.20. The standard InChI is InChI=1S/C21H21NO2S2/c1-3-4-15-5-7-17(8-6-15)14-24-18-11-9-16(10-12-18)13-19-20(23)22-21(25-2)26-19/h5-13H,3-4,14H2,1-2H3. The quantitative estimate of drug-likeness (QED) is 0.613. The second kappa shape index (κ2) is 9.10. The van der Waals surface area contributed by atoms with Crippen LogP contribution in [0, 0.1) is 0 Å². The van der Waals surface area contributed by atoms with Gasteiger partial charge in [-0.25, -0.2) is 0 Å². The first-order valence-corrected chi connectivity index (χ1v) is 10.6. The monoisotopic (exact) mass is 383 g/mol. The lowest BCUT2D eigenvalue weighted by atomic mass is 10.1. The van der Waals surface area contributed by atoms with E-state index in [0.29, 0.717) is 11.5 Å². The molecule has 0 N–H and O–H groups in total. The second-order valence-electron chi connectivity index (χ2n) is 5.92. The molecule has 0 unspecified atom stereocenters. The third-order valence-corrected chi connectivity index (χ3v) is 5.89. The van der Waals surface area contributed by atoms with E-state index in [4.69, 9.17) is 4.74 Å². The molecule has 134 valence electrons. The van der Waals surface area contributed by atoms with Gasteiger partial charge in [0.1, 0.15) is 16.7 Å².